The number of hydrogen-bond acceptors (Lipinski definition) is 4. The Balaban J connectivity index is 1.30. The first-order valence-electron chi connectivity index (χ1n) is 14.4. The molecule has 0 saturated heterocycles. The van der Waals surface area contributed by atoms with Gasteiger partial charge in [-0.25, -0.2) is 0 Å². The van der Waals surface area contributed by atoms with Gasteiger partial charge in [0.2, 0.25) is 5.91 Å². The lowest BCUT2D eigenvalue weighted by Gasteiger charge is -2.63. The third kappa shape index (κ3) is 4.23. The third-order valence-corrected chi connectivity index (χ3v) is 11.7. The van der Waals surface area contributed by atoms with E-state index in [1.54, 1.807) is 0 Å². The van der Waals surface area contributed by atoms with Gasteiger partial charge in [-0.2, -0.15) is 0 Å². The van der Waals surface area contributed by atoms with Crippen molar-refractivity contribution >= 4 is 5.91 Å². The smallest absolute Gasteiger partial charge is 0.220 e. The maximum atomic E-state index is 13.0. The molecule has 0 aliphatic heterocycles. The zero-order valence-electron chi connectivity index (χ0n) is 22.6. The molecule has 0 spiro atoms. The number of rotatable bonds is 5. The number of amides is 1. The largest absolute Gasteiger partial charge is 0.393 e. The summed E-state index contributed by atoms with van der Waals surface area (Å²) in [7, 11) is 0. The Labute approximate surface area is 217 Å². The average molecular weight is 498 g/mol. The zero-order valence-corrected chi connectivity index (χ0v) is 22.6. The molecular formula is C31H47NO4. The van der Waals surface area contributed by atoms with E-state index in [0.29, 0.717) is 18.3 Å². The highest BCUT2D eigenvalue weighted by Crippen LogP contribution is 2.68. The van der Waals surface area contributed by atoms with Crippen molar-refractivity contribution in [1.82, 2.24) is 5.32 Å². The molecule has 0 radical (unpaired) electrons. The molecular weight excluding hydrogens is 450 g/mol. The van der Waals surface area contributed by atoms with Crippen LogP contribution in [0.4, 0.5) is 0 Å². The van der Waals surface area contributed by atoms with E-state index in [4.69, 9.17) is 0 Å². The fourth-order valence-electron chi connectivity index (χ4n) is 9.69. The Morgan fingerprint density at radius 2 is 1.72 bits per heavy atom. The summed E-state index contributed by atoms with van der Waals surface area (Å²) < 4.78 is 0. The summed E-state index contributed by atoms with van der Waals surface area (Å²) in [5.74, 6) is 1.63. The van der Waals surface area contributed by atoms with Crippen molar-refractivity contribution in [2.45, 2.75) is 103 Å². The number of aliphatic hydroxyl groups excluding tert-OH is 3. The van der Waals surface area contributed by atoms with E-state index in [-0.39, 0.29) is 58.7 Å². The SMILES string of the molecule is CC(NC(=O)C[C@@H](C)C1CC[C@H]2[C@@H]3[C@H](O)C[C@@H]4C[C@H](O)CC[C@]4(C)[C@H]3C[C@H](O)[C@]12C)c1ccccc1. The first-order valence-corrected chi connectivity index (χ1v) is 14.4. The number of benzene rings is 1. The number of carbonyl (C=O) groups excluding carboxylic acids is 1. The van der Waals surface area contributed by atoms with Crippen LogP contribution in [-0.2, 0) is 4.79 Å². The lowest BCUT2D eigenvalue weighted by Crippen LogP contribution is -2.62. The molecule has 1 amide bonds. The van der Waals surface area contributed by atoms with E-state index in [9.17, 15) is 20.1 Å². The molecule has 5 heteroatoms. The van der Waals surface area contributed by atoms with Crippen LogP contribution in [0.25, 0.3) is 0 Å². The molecule has 0 aromatic heterocycles. The molecule has 0 heterocycles. The Hall–Kier alpha value is -1.43. The lowest BCUT2D eigenvalue weighted by molar-refractivity contribution is -0.207. The van der Waals surface area contributed by atoms with E-state index in [1.165, 1.54) is 0 Å². The zero-order chi connectivity index (χ0) is 25.8. The highest BCUT2D eigenvalue weighted by molar-refractivity contribution is 5.76. The lowest BCUT2D eigenvalue weighted by atomic mass is 9.43. The van der Waals surface area contributed by atoms with E-state index in [0.717, 1.165) is 50.5 Å². The molecule has 4 fully saturated rings. The summed E-state index contributed by atoms with van der Waals surface area (Å²) in [5, 5.41) is 36.7. The van der Waals surface area contributed by atoms with Crippen LogP contribution in [0, 0.1) is 46.3 Å². The molecule has 4 N–H and O–H groups in total. The first kappa shape index (κ1) is 26.2. The Morgan fingerprint density at radius 3 is 2.44 bits per heavy atom. The van der Waals surface area contributed by atoms with Crippen LogP contribution in [0.3, 0.4) is 0 Å². The highest BCUT2D eigenvalue weighted by Gasteiger charge is 2.65. The Morgan fingerprint density at radius 1 is 1.00 bits per heavy atom. The van der Waals surface area contributed by atoms with Gasteiger partial charge in [0.25, 0.3) is 0 Å². The number of aliphatic hydroxyl groups is 3. The summed E-state index contributed by atoms with van der Waals surface area (Å²) in [6.45, 7) is 8.83. The topological polar surface area (TPSA) is 89.8 Å². The molecule has 4 aliphatic rings. The number of hydrogen-bond donors (Lipinski definition) is 4. The van der Waals surface area contributed by atoms with Gasteiger partial charge in [0.05, 0.1) is 24.4 Å². The Kier molecular flexibility index (Phi) is 7.06. The van der Waals surface area contributed by atoms with Crippen molar-refractivity contribution < 1.29 is 20.1 Å². The van der Waals surface area contributed by atoms with Crippen LogP contribution in [0.5, 0.6) is 0 Å². The van der Waals surface area contributed by atoms with Gasteiger partial charge in [-0.3, -0.25) is 4.79 Å². The van der Waals surface area contributed by atoms with E-state index in [1.807, 2.05) is 37.3 Å². The summed E-state index contributed by atoms with van der Waals surface area (Å²) >= 11 is 0. The van der Waals surface area contributed by atoms with Crippen molar-refractivity contribution in [2.24, 2.45) is 46.3 Å². The molecule has 1 aromatic carbocycles. The second-order valence-corrected chi connectivity index (χ2v) is 13.4. The molecule has 0 bridgehead atoms. The number of carbonyl (C=O) groups is 1. The fraction of sp³-hybridized carbons (Fsp3) is 0.774. The van der Waals surface area contributed by atoms with Gasteiger partial charge in [0.1, 0.15) is 0 Å². The van der Waals surface area contributed by atoms with E-state index < -0.39 is 6.10 Å². The van der Waals surface area contributed by atoms with Gasteiger partial charge in [-0.15, -0.1) is 0 Å². The number of fused-ring (bicyclic) bond motifs is 5. The predicted molar refractivity (Wildman–Crippen MR) is 141 cm³/mol. The van der Waals surface area contributed by atoms with Crippen LogP contribution in [0.15, 0.2) is 30.3 Å². The molecule has 4 saturated carbocycles. The molecule has 200 valence electrons. The van der Waals surface area contributed by atoms with Crippen molar-refractivity contribution in [2.75, 3.05) is 0 Å². The van der Waals surface area contributed by atoms with Crippen LogP contribution in [0.2, 0.25) is 0 Å². The van der Waals surface area contributed by atoms with Gasteiger partial charge in [0, 0.05) is 6.42 Å². The van der Waals surface area contributed by atoms with Gasteiger partial charge < -0.3 is 20.6 Å². The van der Waals surface area contributed by atoms with Crippen molar-refractivity contribution in [3.8, 4) is 0 Å². The van der Waals surface area contributed by atoms with Crippen LogP contribution >= 0.6 is 0 Å². The van der Waals surface area contributed by atoms with Gasteiger partial charge in [-0.05, 0) is 104 Å². The van der Waals surface area contributed by atoms with Crippen molar-refractivity contribution in [3.63, 3.8) is 0 Å². The Bertz CT molecular complexity index is 938. The third-order valence-electron chi connectivity index (χ3n) is 11.7. The standard InChI is InChI=1S/C31H47NO4/c1-18(14-28(36)32-19(2)20-8-6-5-7-9-20)23-10-11-24-29-25(17-27(35)31(23,24)4)30(3)13-12-22(33)15-21(30)16-26(29)34/h5-9,18-19,21-27,29,33-35H,10-17H2,1-4H3,(H,32,36)/t18-,19?,21+,22-,23?,24+,25+,26-,27+,29+,30+,31-/m1/s1. The summed E-state index contributed by atoms with van der Waals surface area (Å²) in [4.78, 5) is 13.0. The van der Waals surface area contributed by atoms with Crippen LogP contribution < -0.4 is 5.32 Å². The van der Waals surface area contributed by atoms with Crippen LogP contribution in [0.1, 0.15) is 90.7 Å². The molecule has 2 unspecified atom stereocenters. The quantitative estimate of drug-likeness (QED) is 0.468. The normalized spacial score (nSPS) is 45.6. The van der Waals surface area contributed by atoms with Gasteiger partial charge >= 0.3 is 0 Å². The summed E-state index contributed by atoms with van der Waals surface area (Å²) in [6, 6.07) is 10.0. The first-order chi connectivity index (χ1) is 17.1. The number of nitrogens with one attached hydrogen (secondary N) is 1. The average Bonchev–Trinajstić information content (AvgIpc) is 3.20. The van der Waals surface area contributed by atoms with E-state index >= 15 is 0 Å². The molecule has 12 atom stereocenters. The minimum Gasteiger partial charge on any atom is -0.393 e. The molecule has 1 aromatic rings. The van der Waals surface area contributed by atoms with Crippen molar-refractivity contribution in [1.29, 1.82) is 0 Å². The fourth-order valence-corrected chi connectivity index (χ4v) is 9.69. The maximum absolute atomic E-state index is 13.0. The minimum absolute atomic E-state index is 0.0288. The minimum atomic E-state index is -0.417. The van der Waals surface area contributed by atoms with Crippen molar-refractivity contribution in [3.05, 3.63) is 35.9 Å². The predicted octanol–water partition coefficient (Wildman–Crippen LogP) is 4.85. The van der Waals surface area contributed by atoms with Gasteiger partial charge in [0.15, 0.2) is 0 Å². The molecule has 5 nitrogen and oxygen atoms in total. The molecule has 36 heavy (non-hydrogen) atoms. The maximum Gasteiger partial charge on any atom is 0.220 e. The molecule has 4 aliphatic carbocycles. The summed E-state index contributed by atoms with van der Waals surface area (Å²) in [6.07, 6.45) is 5.58. The monoisotopic (exact) mass is 497 g/mol. The second-order valence-electron chi connectivity index (χ2n) is 13.4. The second kappa shape index (κ2) is 9.71. The summed E-state index contributed by atoms with van der Waals surface area (Å²) in [5.41, 5.74) is 0.917. The van der Waals surface area contributed by atoms with Gasteiger partial charge in [-0.1, -0.05) is 51.1 Å². The highest BCUT2D eigenvalue weighted by atomic mass is 16.3. The molecule has 5 rings (SSSR count). The van der Waals surface area contributed by atoms with Crippen LogP contribution in [-0.4, -0.2) is 39.5 Å². The van der Waals surface area contributed by atoms with E-state index in [2.05, 4.69) is 26.1 Å².